The van der Waals surface area contributed by atoms with E-state index in [2.05, 4.69) is 16.0 Å². The normalized spacial score (nSPS) is 18.3. The molecule has 1 saturated heterocycles. The molecule has 1 aliphatic heterocycles. The molecule has 0 radical (unpaired) electrons. The van der Waals surface area contributed by atoms with Gasteiger partial charge in [-0.05, 0) is 25.1 Å². The molecule has 0 aliphatic carbocycles. The minimum Gasteiger partial charge on any atom is -0.334 e. The summed E-state index contributed by atoms with van der Waals surface area (Å²) in [7, 11) is 0. The van der Waals surface area contributed by atoms with Gasteiger partial charge in [0.1, 0.15) is 5.82 Å². The van der Waals surface area contributed by atoms with Gasteiger partial charge < -0.3 is 16.0 Å². The first-order chi connectivity index (χ1) is 7.75. The van der Waals surface area contributed by atoms with Gasteiger partial charge >= 0.3 is 6.03 Å². The van der Waals surface area contributed by atoms with Gasteiger partial charge in [-0.25, -0.2) is 9.18 Å². The molecule has 2 amide bonds. The molecule has 94 valence electrons. The van der Waals surface area contributed by atoms with E-state index in [4.69, 9.17) is 0 Å². The Balaban J connectivity index is 0.00000144. The SMILES string of the molecule is Cl.O=C(Nc1ccccc1F)NC1CCNC1. The molecule has 4 nitrogen and oxygen atoms in total. The van der Waals surface area contributed by atoms with Crippen LogP contribution in [0.3, 0.4) is 0 Å². The first-order valence-corrected chi connectivity index (χ1v) is 5.28. The van der Waals surface area contributed by atoms with Crippen molar-refractivity contribution in [3.05, 3.63) is 30.1 Å². The molecule has 1 fully saturated rings. The second-order valence-electron chi connectivity index (χ2n) is 3.77. The fraction of sp³-hybridized carbons (Fsp3) is 0.364. The lowest BCUT2D eigenvalue weighted by Crippen LogP contribution is -2.39. The van der Waals surface area contributed by atoms with Gasteiger partial charge in [-0.1, -0.05) is 12.1 Å². The Bertz CT molecular complexity index is 383. The maximum atomic E-state index is 13.2. The van der Waals surface area contributed by atoms with Crippen LogP contribution < -0.4 is 16.0 Å². The van der Waals surface area contributed by atoms with Crippen molar-refractivity contribution in [2.75, 3.05) is 18.4 Å². The van der Waals surface area contributed by atoms with Gasteiger partial charge in [0.25, 0.3) is 0 Å². The fourth-order valence-electron chi connectivity index (χ4n) is 1.68. The minimum atomic E-state index is -0.429. The number of nitrogens with one attached hydrogen (secondary N) is 3. The van der Waals surface area contributed by atoms with Crippen molar-refractivity contribution in [1.82, 2.24) is 10.6 Å². The Kier molecular flexibility index (Phi) is 5.18. The Morgan fingerprint density at radius 1 is 1.41 bits per heavy atom. The van der Waals surface area contributed by atoms with Crippen LogP contribution in [-0.2, 0) is 0 Å². The highest BCUT2D eigenvalue weighted by Crippen LogP contribution is 2.12. The third-order valence-electron chi connectivity index (χ3n) is 2.52. The van der Waals surface area contributed by atoms with E-state index in [0.29, 0.717) is 0 Å². The van der Waals surface area contributed by atoms with Crippen LogP contribution in [0.5, 0.6) is 0 Å². The molecule has 1 aromatic rings. The summed E-state index contributed by atoms with van der Waals surface area (Å²) in [6.07, 6.45) is 0.907. The Morgan fingerprint density at radius 3 is 2.82 bits per heavy atom. The molecular formula is C11H15ClFN3O. The van der Waals surface area contributed by atoms with Crippen LogP contribution in [0.1, 0.15) is 6.42 Å². The zero-order chi connectivity index (χ0) is 11.4. The van der Waals surface area contributed by atoms with E-state index in [1.165, 1.54) is 12.1 Å². The lowest BCUT2D eigenvalue weighted by Gasteiger charge is -2.12. The molecule has 0 saturated carbocycles. The Hall–Kier alpha value is -1.33. The summed E-state index contributed by atoms with van der Waals surface area (Å²) in [5.74, 6) is -0.429. The molecule has 1 heterocycles. The summed E-state index contributed by atoms with van der Waals surface area (Å²) >= 11 is 0. The molecule has 6 heteroatoms. The molecule has 1 aliphatic rings. The summed E-state index contributed by atoms with van der Waals surface area (Å²) in [6, 6.07) is 5.87. The number of benzene rings is 1. The van der Waals surface area contributed by atoms with Crippen LogP contribution in [0, 0.1) is 5.82 Å². The molecule has 0 bridgehead atoms. The number of amides is 2. The molecular weight excluding hydrogens is 245 g/mol. The largest absolute Gasteiger partial charge is 0.334 e. The van der Waals surface area contributed by atoms with Gasteiger partial charge in [0.15, 0.2) is 0 Å². The first-order valence-electron chi connectivity index (χ1n) is 5.28. The zero-order valence-corrected chi connectivity index (χ0v) is 10.0. The van der Waals surface area contributed by atoms with E-state index < -0.39 is 5.82 Å². The fourth-order valence-corrected chi connectivity index (χ4v) is 1.68. The van der Waals surface area contributed by atoms with Crippen LogP contribution in [0.25, 0.3) is 0 Å². The number of carbonyl (C=O) groups is 1. The Morgan fingerprint density at radius 2 is 2.18 bits per heavy atom. The molecule has 3 N–H and O–H groups in total. The number of halogens is 2. The van der Waals surface area contributed by atoms with Gasteiger partial charge in [0.05, 0.1) is 5.69 Å². The molecule has 2 rings (SSSR count). The van der Waals surface area contributed by atoms with E-state index in [1.807, 2.05) is 0 Å². The average Bonchev–Trinajstić information content (AvgIpc) is 2.74. The summed E-state index contributed by atoms with van der Waals surface area (Å²) in [5, 5.41) is 8.40. The van der Waals surface area contributed by atoms with Crippen LogP contribution in [0.15, 0.2) is 24.3 Å². The van der Waals surface area contributed by atoms with Gasteiger partial charge in [0.2, 0.25) is 0 Å². The van der Waals surface area contributed by atoms with E-state index in [0.717, 1.165) is 19.5 Å². The summed E-state index contributed by atoms with van der Waals surface area (Å²) in [5.41, 5.74) is 0.200. The number of para-hydroxylation sites is 1. The number of anilines is 1. The first kappa shape index (κ1) is 13.7. The van der Waals surface area contributed by atoms with E-state index in [1.54, 1.807) is 12.1 Å². The lowest BCUT2D eigenvalue weighted by molar-refractivity contribution is 0.249. The van der Waals surface area contributed by atoms with Crippen molar-refractivity contribution in [2.45, 2.75) is 12.5 Å². The van der Waals surface area contributed by atoms with Crippen molar-refractivity contribution in [3.63, 3.8) is 0 Å². The highest BCUT2D eigenvalue weighted by molar-refractivity contribution is 5.89. The minimum absolute atomic E-state index is 0. The number of carbonyl (C=O) groups excluding carboxylic acids is 1. The van der Waals surface area contributed by atoms with Crippen molar-refractivity contribution in [1.29, 1.82) is 0 Å². The monoisotopic (exact) mass is 259 g/mol. The third-order valence-corrected chi connectivity index (χ3v) is 2.52. The average molecular weight is 260 g/mol. The predicted molar refractivity (Wildman–Crippen MR) is 67.1 cm³/mol. The summed E-state index contributed by atoms with van der Waals surface area (Å²) in [6.45, 7) is 1.68. The molecule has 1 atom stereocenters. The van der Waals surface area contributed by atoms with Crippen LogP contribution in [0.4, 0.5) is 14.9 Å². The second-order valence-corrected chi connectivity index (χ2v) is 3.77. The molecule has 0 aromatic heterocycles. The van der Waals surface area contributed by atoms with Crippen LogP contribution in [-0.4, -0.2) is 25.2 Å². The van der Waals surface area contributed by atoms with E-state index in [-0.39, 0.29) is 30.2 Å². The quantitative estimate of drug-likeness (QED) is 0.758. The van der Waals surface area contributed by atoms with Gasteiger partial charge in [-0.15, -0.1) is 12.4 Å². The number of urea groups is 1. The molecule has 0 spiro atoms. The topological polar surface area (TPSA) is 53.2 Å². The van der Waals surface area contributed by atoms with E-state index >= 15 is 0 Å². The van der Waals surface area contributed by atoms with Gasteiger partial charge in [0, 0.05) is 12.6 Å². The molecule has 1 unspecified atom stereocenters. The smallest absolute Gasteiger partial charge is 0.319 e. The van der Waals surface area contributed by atoms with Crippen molar-refractivity contribution >= 4 is 24.1 Å². The Labute approximate surface area is 105 Å². The third kappa shape index (κ3) is 3.87. The standard InChI is InChI=1S/C11H14FN3O.ClH/c12-9-3-1-2-4-10(9)15-11(16)14-8-5-6-13-7-8;/h1-4,8,13H,5-7H2,(H2,14,15,16);1H. The van der Waals surface area contributed by atoms with Crippen molar-refractivity contribution in [2.24, 2.45) is 0 Å². The van der Waals surface area contributed by atoms with E-state index in [9.17, 15) is 9.18 Å². The van der Waals surface area contributed by atoms with Gasteiger partial charge in [-0.3, -0.25) is 0 Å². The van der Waals surface area contributed by atoms with Crippen LogP contribution in [0.2, 0.25) is 0 Å². The second kappa shape index (κ2) is 6.42. The predicted octanol–water partition coefficient (Wildman–Crippen LogP) is 1.73. The van der Waals surface area contributed by atoms with Crippen molar-refractivity contribution in [3.8, 4) is 0 Å². The number of hydrogen-bond donors (Lipinski definition) is 3. The number of rotatable bonds is 2. The maximum absolute atomic E-state index is 13.2. The maximum Gasteiger partial charge on any atom is 0.319 e. The van der Waals surface area contributed by atoms with Gasteiger partial charge in [-0.2, -0.15) is 0 Å². The highest BCUT2D eigenvalue weighted by Gasteiger charge is 2.16. The highest BCUT2D eigenvalue weighted by atomic mass is 35.5. The van der Waals surface area contributed by atoms with Crippen LogP contribution >= 0.6 is 12.4 Å². The zero-order valence-electron chi connectivity index (χ0n) is 9.20. The number of hydrogen-bond acceptors (Lipinski definition) is 2. The lowest BCUT2D eigenvalue weighted by atomic mass is 10.2. The molecule has 1 aromatic carbocycles. The van der Waals surface area contributed by atoms with Crippen molar-refractivity contribution < 1.29 is 9.18 Å². The molecule has 17 heavy (non-hydrogen) atoms. The summed E-state index contributed by atoms with van der Waals surface area (Å²) < 4.78 is 13.2. The summed E-state index contributed by atoms with van der Waals surface area (Å²) in [4.78, 5) is 11.5.